The molecule has 0 aromatic carbocycles. The molecule has 2 nitrogen and oxygen atoms in total. The lowest BCUT2D eigenvalue weighted by Gasteiger charge is -2.26. The third kappa shape index (κ3) is 1.46. The van der Waals surface area contributed by atoms with Gasteiger partial charge in [-0.3, -0.25) is 0 Å². The van der Waals surface area contributed by atoms with E-state index in [0.29, 0.717) is 11.5 Å². The fraction of sp³-hybridized carbons (Fsp3) is 0.545. The first-order valence-corrected chi connectivity index (χ1v) is 5.95. The van der Waals surface area contributed by atoms with E-state index >= 15 is 0 Å². The summed E-state index contributed by atoms with van der Waals surface area (Å²) in [4.78, 5) is 12.3. The third-order valence-corrected chi connectivity index (χ3v) is 4.12. The molecule has 0 saturated heterocycles. The number of carboxylic acids is 1. The quantitative estimate of drug-likeness (QED) is 0.831. The second-order valence-electron chi connectivity index (χ2n) is 3.77. The van der Waals surface area contributed by atoms with Crippen LogP contribution in [0.3, 0.4) is 0 Å². The van der Waals surface area contributed by atoms with Crippen molar-refractivity contribution >= 4 is 17.3 Å². The second kappa shape index (κ2) is 3.73. The molecule has 1 heterocycles. The molecule has 14 heavy (non-hydrogen) atoms. The predicted octanol–water partition coefficient (Wildman–Crippen LogP) is 3.28. The highest BCUT2D eigenvalue weighted by molar-refractivity contribution is 7.10. The van der Waals surface area contributed by atoms with Gasteiger partial charge in [-0.25, -0.2) is 4.79 Å². The summed E-state index contributed by atoms with van der Waals surface area (Å²) < 4.78 is 0. The number of rotatable bonds is 3. The van der Waals surface area contributed by atoms with Crippen molar-refractivity contribution in [2.45, 2.75) is 38.5 Å². The molecule has 1 aliphatic carbocycles. The number of carbonyl (C=O) groups is 1. The van der Waals surface area contributed by atoms with Gasteiger partial charge in [-0.1, -0.05) is 13.3 Å². The van der Waals surface area contributed by atoms with Crippen LogP contribution >= 0.6 is 11.3 Å². The van der Waals surface area contributed by atoms with E-state index in [0.717, 1.165) is 12.0 Å². The Morgan fingerprint density at radius 1 is 1.64 bits per heavy atom. The van der Waals surface area contributed by atoms with Crippen molar-refractivity contribution in [2.24, 2.45) is 0 Å². The van der Waals surface area contributed by atoms with E-state index in [9.17, 15) is 4.79 Å². The van der Waals surface area contributed by atoms with Gasteiger partial charge in [0.2, 0.25) is 0 Å². The molecule has 3 heteroatoms. The van der Waals surface area contributed by atoms with Gasteiger partial charge in [0.1, 0.15) is 0 Å². The van der Waals surface area contributed by atoms with Gasteiger partial charge in [0.05, 0.1) is 5.56 Å². The van der Waals surface area contributed by atoms with E-state index in [-0.39, 0.29) is 0 Å². The molecule has 0 spiro atoms. The molecular weight excluding hydrogens is 196 g/mol. The van der Waals surface area contributed by atoms with Crippen molar-refractivity contribution < 1.29 is 9.90 Å². The lowest BCUT2D eigenvalue weighted by Crippen LogP contribution is -2.13. The number of hydrogen-bond donors (Lipinski definition) is 1. The average molecular weight is 210 g/mol. The van der Waals surface area contributed by atoms with Crippen LogP contribution in [0.4, 0.5) is 0 Å². The van der Waals surface area contributed by atoms with E-state index in [1.807, 2.05) is 0 Å². The van der Waals surface area contributed by atoms with E-state index in [1.54, 1.807) is 16.7 Å². The molecule has 1 aliphatic rings. The zero-order valence-corrected chi connectivity index (χ0v) is 9.06. The van der Waals surface area contributed by atoms with Gasteiger partial charge in [0.25, 0.3) is 0 Å². The topological polar surface area (TPSA) is 37.3 Å². The molecule has 1 fully saturated rings. The summed E-state index contributed by atoms with van der Waals surface area (Å²) in [5.74, 6) is -0.231. The minimum absolute atomic E-state index is 0.530. The highest BCUT2D eigenvalue weighted by Crippen LogP contribution is 2.42. The van der Waals surface area contributed by atoms with Crippen LogP contribution in [0, 0.1) is 0 Å². The minimum atomic E-state index is -0.761. The second-order valence-corrected chi connectivity index (χ2v) is 4.74. The van der Waals surface area contributed by atoms with Gasteiger partial charge >= 0.3 is 5.97 Å². The number of carboxylic acid groups (broad SMARTS) is 1. The molecule has 0 bridgehead atoms. The van der Waals surface area contributed by atoms with Gasteiger partial charge in [-0.15, -0.1) is 11.3 Å². The van der Waals surface area contributed by atoms with Gasteiger partial charge in [-0.05, 0) is 30.7 Å². The van der Waals surface area contributed by atoms with Crippen molar-refractivity contribution in [2.75, 3.05) is 0 Å². The van der Waals surface area contributed by atoms with Crippen molar-refractivity contribution in [3.8, 4) is 0 Å². The van der Waals surface area contributed by atoms with Gasteiger partial charge in [0, 0.05) is 10.3 Å². The molecular formula is C11H14O2S. The largest absolute Gasteiger partial charge is 0.478 e. The molecule has 0 radical (unpaired) electrons. The zero-order valence-electron chi connectivity index (χ0n) is 8.25. The maximum atomic E-state index is 11.0. The highest BCUT2D eigenvalue weighted by Gasteiger charge is 2.27. The Morgan fingerprint density at radius 3 is 2.79 bits per heavy atom. The molecule has 2 rings (SSSR count). The van der Waals surface area contributed by atoms with Crippen LogP contribution < -0.4 is 0 Å². The van der Waals surface area contributed by atoms with E-state index in [1.165, 1.54) is 24.1 Å². The normalized spacial score (nSPS) is 16.6. The van der Waals surface area contributed by atoms with Crippen LogP contribution in [0.1, 0.15) is 52.9 Å². The SMILES string of the molecule is CCc1scc(C(=O)O)c1C1CCC1. The Balaban J connectivity index is 2.40. The van der Waals surface area contributed by atoms with E-state index in [2.05, 4.69) is 6.92 Å². The Hall–Kier alpha value is -0.830. The van der Waals surface area contributed by atoms with Crippen LogP contribution in [-0.4, -0.2) is 11.1 Å². The maximum Gasteiger partial charge on any atom is 0.336 e. The summed E-state index contributed by atoms with van der Waals surface area (Å²) in [7, 11) is 0. The predicted molar refractivity (Wildman–Crippen MR) is 57.2 cm³/mol. The average Bonchev–Trinajstić information content (AvgIpc) is 2.45. The van der Waals surface area contributed by atoms with Gasteiger partial charge in [0.15, 0.2) is 0 Å². The first-order valence-electron chi connectivity index (χ1n) is 5.07. The van der Waals surface area contributed by atoms with Crippen LogP contribution in [0.5, 0.6) is 0 Å². The maximum absolute atomic E-state index is 11.0. The highest BCUT2D eigenvalue weighted by atomic mass is 32.1. The van der Waals surface area contributed by atoms with Gasteiger partial charge in [-0.2, -0.15) is 0 Å². The summed E-state index contributed by atoms with van der Waals surface area (Å²) in [5.41, 5.74) is 1.69. The smallest absolute Gasteiger partial charge is 0.336 e. The number of hydrogen-bond acceptors (Lipinski definition) is 2. The first kappa shape index (κ1) is 9.71. The standard InChI is InChI=1S/C11H14O2S/c1-2-9-10(7-4-3-5-7)8(6-14-9)11(12)13/h6-7H,2-5H2,1H3,(H,12,13). The van der Waals surface area contributed by atoms with Crippen LogP contribution in [0.25, 0.3) is 0 Å². The summed E-state index contributed by atoms with van der Waals surface area (Å²) in [5, 5.41) is 10.9. The van der Waals surface area contributed by atoms with Gasteiger partial charge < -0.3 is 5.11 Å². The molecule has 0 aliphatic heterocycles. The summed E-state index contributed by atoms with van der Waals surface area (Å²) in [6.07, 6.45) is 4.56. The molecule has 76 valence electrons. The van der Waals surface area contributed by atoms with Crippen LogP contribution in [0.15, 0.2) is 5.38 Å². The molecule has 1 aromatic rings. The molecule has 1 saturated carbocycles. The van der Waals surface area contributed by atoms with Crippen molar-refractivity contribution in [1.29, 1.82) is 0 Å². The van der Waals surface area contributed by atoms with E-state index < -0.39 is 5.97 Å². The van der Waals surface area contributed by atoms with Crippen LogP contribution in [-0.2, 0) is 6.42 Å². The molecule has 0 atom stereocenters. The Morgan fingerprint density at radius 2 is 2.36 bits per heavy atom. The van der Waals surface area contributed by atoms with Crippen molar-refractivity contribution in [3.05, 3.63) is 21.4 Å². The minimum Gasteiger partial charge on any atom is -0.478 e. The number of aryl methyl sites for hydroxylation is 1. The zero-order chi connectivity index (χ0) is 10.1. The summed E-state index contributed by atoms with van der Waals surface area (Å²) >= 11 is 1.60. The molecule has 0 amide bonds. The van der Waals surface area contributed by atoms with Crippen molar-refractivity contribution in [3.63, 3.8) is 0 Å². The lowest BCUT2D eigenvalue weighted by molar-refractivity contribution is 0.0695. The first-order chi connectivity index (χ1) is 6.74. The molecule has 1 aromatic heterocycles. The Bertz CT molecular complexity index is 350. The van der Waals surface area contributed by atoms with E-state index in [4.69, 9.17) is 5.11 Å². The Kier molecular flexibility index (Phi) is 2.59. The fourth-order valence-electron chi connectivity index (χ4n) is 1.99. The summed E-state index contributed by atoms with van der Waals surface area (Å²) in [6.45, 7) is 2.10. The monoisotopic (exact) mass is 210 g/mol. The lowest BCUT2D eigenvalue weighted by atomic mass is 9.78. The van der Waals surface area contributed by atoms with Crippen molar-refractivity contribution in [1.82, 2.24) is 0 Å². The van der Waals surface area contributed by atoms with Crippen LogP contribution in [0.2, 0.25) is 0 Å². The fourth-order valence-corrected chi connectivity index (χ4v) is 3.05. The Labute approximate surface area is 87.6 Å². The summed E-state index contributed by atoms with van der Waals surface area (Å²) in [6, 6.07) is 0. The number of thiophene rings is 1. The number of aromatic carboxylic acids is 1. The molecule has 0 unspecified atom stereocenters. The third-order valence-electron chi connectivity index (χ3n) is 2.97. The molecule has 1 N–H and O–H groups in total.